The average Bonchev–Trinajstić information content (AvgIpc) is 3.36. The van der Waals surface area contributed by atoms with Gasteiger partial charge in [-0.3, -0.25) is 0 Å². The molecule has 2 aromatic carbocycles. The molecule has 25 heavy (non-hydrogen) atoms. The van der Waals surface area contributed by atoms with Gasteiger partial charge in [-0.15, -0.1) is 0 Å². The average molecular weight is 357 g/mol. The number of hydrogen-bond donors (Lipinski definition) is 0. The van der Waals surface area contributed by atoms with Gasteiger partial charge in [0.25, 0.3) is 0 Å². The molecule has 5 heteroatoms. The zero-order chi connectivity index (χ0) is 17.3. The van der Waals surface area contributed by atoms with Crippen LogP contribution in [-0.2, 0) is 14.8 Å². The first-order valence-electron chi connectivity index (χ1n) is 8.90. The molecule has 1 saturated carbocycles. The summed E-state index contributed by atoms with van der Waals surface area (Å²) in [5.41, 5.74) is 1.94. The summed E-state index contributed by atoms with van der Waals surface area (Å²) >= 11 is 0. The van der Waals surface area contributed by atoms with Crippen molar-refractivity contribution in [2.75, 3.05) is 19.7 Å². The van der Waals surface area contributed by atoms with Crippen LogP contribution in [-0.4, -0.2) is 38.5 Å². The minimum absolute atomic E-state index is 0.0349. The number of nitrogens with zero attached hydrogens (tertiary/aromatic N) is 1. The molecular weight excluding hydrogens is 334 g/mol. The Morgan fingerprint density at radius 3 is 2.48 bits per heavy atom. The maximum Gasteiger partial charge on any atom is 0.243 e. The third-order valence-corrected chi connectivity index (χ3v) is 6.81. The molecule has 0 aromatic heterocycles. The predicted molar refractivity (Wildman–Crippen MR) is 97.7 cm³/mol. The molecule has 4 rings (SSSR count). The van der Waals surface area contributed by atoms with Gasteiger partial charge < -0.3 is 4.74 Å². The summed E-state index contributed by atoms with van der Waals surface area (Å²) in [6, 6.07) is 17.1. The molecule has 0 spiro atoms. The van der Waals surface area contributed by atoms with Crippen LogP contribution in [0.3, 0.4) is 0 Å². The van der Waals surface area contributed by atoms with Crippen LogP contribution in [0, 0.1) is 5.92 Å². The highest BCUT2D eigenvalue weighted by atomic mass is 32.2. The maximum atomic E-state index is 13.0. The van der Waals surface area contributed by atoms with E-state index >= 15 is 0 Å². The molecule has 4 nitrogen and oxygen atoms in total. The SMILES string of the molecule is O=S(=O)(c1cccc(-c2ccccc2)c1)N1CCC(OCC2CC2)C1. The second-order valence-corrected chi connectivity index (χ2v) is 8.88. The Balaban J connectivity index is 1.50. The summed E-state index contributed by atoms with van der Waals surface area (Å²) in [4.78, 5) is 0.358. The molecular formula is C20H23NO3S. The Hall–Kier alpha value is -1.69. The molecule has 1 unspecified atom stereocenters. The summed E-state index contributed by atoms with van der Waals surface area (Å²) in [7, 11) is -3.47. The normalized spacial score (nSPS) is 21.5. The largest absolute Gasteiger partial charge is 0.377 e. The number of sulfonamides is 1. The second kappa shape index (κ2) is 6.90. The number of rotatable bonds is 6. The molecule has 0 amide bonds. The summed E-state index contributed by atoms with van der Waals surface area (Å²) < 4.78 is 33.4. The Morgan fingerprint density at radius 1 is 0.960 bits per heavy atom. The van der Waals surface area contributed by atoms with Gasteiger partial charge in [0.15, 0.2) is 0 Å². The topological polar surface area (TPSA) is 46.6 Å². The van der Waals surface area contributed by atoms with E-state index in [0.717, 1.165) is 24.2 Å². The van der Waals surface area contributed by atoms with Crippen LogP contribution in [0.4, 0.5) is 0 Å². The zero-order valence-corrected chi connectivity index (χ0v) is 15.0. The smallest absolute Gasteiger partial charge is 0.243 e. The van der Waals surface area contributed by atoms with Crippen molar-refractivity contribution < 1.29 is 13.2 Å². The van der Waals surface area contributed by atoms with Gasteiger partial charge in [0.2, 0.25) is 10.0 Å². The first kappa shape index (κ1) is 16.8. The van der Waals surface area contributed by atoms with E-state index in [9.17, 15) is 8.42 Å². The summed E-state index contributed by atoms with van der Waals surface area (Å²) in [6.45, 7) is 1.78. The number of benzene rings is 2. The fraction of sp³-hybridized carbons (Fsp3) is 0.400. The third-order valence-electron chi connectivity index (χ3n) is 4.95. The van der Waals surface area contributed by atoms with Crippen molar-refractivity contribution in [3.8, 4) is 11.1 Å². The molecule has 0 bridgehead atoms. The van der Waals surface area contributed by atoms with Gasteiger partial charge in [-0.1, -0.05) is 42.5 Å². The lowest BCUT2D eigenvalue weighted by Crippen LogP contribution is -2.30. The van der Waals surface area contributed by atoms with Crippen LogP contribution in [0.25, 0.3) is 11.1 Å². The van der Waals surface area contributed by atoms with Crippen molar-refractivity contribution in [2.45, 2.75) is 30.3 Å². The first-order valence-corrected chi connectivity index (χ1v) is 10.3. The van der Waals surface area contributed by atoms with E-state index < -0.39 is 10.0 Å². The lowest BCUT2D eigenvalue weighted by molar-refractivity contribution is 0.0561. The van der Waals surface area contributed by atoms with Gasteiger partial charge in [-0.05, 0) is 48.4 Å². The monoisotopic (exact) mass is 357 g/mol. The van der Waals surface area contributed by atoms with Crippen LogP contribution in [0.1, 0.15) is 19.3 Å². The first-order chi connectivity index (χ1) is 12.1. The Bertz CT molecular complexity index is 831. The summed E-state index contributed by atoms with van der Waals surface area (Å²) in [6.07, 6.45) is 3.32. The van der Waals surface area contributed by atoms with Gasteiger partial charge in [0.05, 0.1) is 11.0 Å². The fourth-order valence-corrected chi connectivity index (χ4v) is 4.76. The van der Waals surface area contributed by atoms with E-state index in [-0.39, 0.29) is 6.10 Å². The predicted octanol–water partition coefficient (Wildman–Crippen LogP) is 3.54. The van der Waals surface area contributed by atoms with E-state index in [4.69, 9.17) is 4.74 Å². The highest BCUT2D eigenvalue weighted by Crippen LogP contribution is 2.31. The highest BCUT2D eigenvalue weighted by Gasteiger charge is 2.34. The molecule has 0 radical (unpaired) electrons. The molecule has 2 aliphatic rings. The van der Waals surface area contributed by atoms with Gasteiger partial charge >= 0.3 is 0 Å². The summed E-state index contributed by atoms with van der Waals surface area (Å²) in [5, 5.41) is 0. The van der Waals surface area contributed by atoms with Crippen LogP contribution >= 0.6 is 0 Å². The van der Waals surface area contributed by atoms with E-state index in [2.05, 4.69) is 0 Å². The zero-order valence-electron chi connectivity index (χ0n) is 14.2. The van der Waals surface area contributed by atoms with Crippen LogP contribution in [0.2, 0.25) is 0 Å². The highest BCUT2D eigenvalue weighted by molar-refractivity contribution is 7.89. The Morgan fingerprint density at radius 2 is 1.72 bits per heavy atom. The van der Waals surface area contributed by atoms with Crippen LogP contribution in [0.15, 0.2) is 59.5 Å². The molecule has 1 atom stereocenters. The molecule has 1 aliphatic heterocycles. The minimum atomic E-state index is -3.47. The third kappa shape index (κ3) is 3.78. The molecule has 2 fully saturated rings. The van der Waals surface area contributed by atoms with Crippen molar-refractivity contribution in [1.82, 2.24) is 4.31 Å². The fourth-order valence-electron chi connectivity index (χ4n) is 3.22. The Labute approximate surface area is 149 Å². The van der Waals surface area contributed by atoms with Crippen LogP contribution < -0.4 is 0 Å². The minimum Gasteiger partial charge on any atom is -0.377 e. The Kier molecular flexibility index (Phi) is 4.63. The molecule has 1 aliphatic carbocycles. The van der Waals surface area contributed by atoms with E-state index in [1.165, 1.54) is 12.8 Å². The van der Waals surface area contributed by atoms with Crippen molar-refractivity contribution in [1.29, 1.82) is 0 Å². The molecule has 1 heterocycles. The molecule has 2 aromatic rings. The number of hydrogen-bond acceptors (Lipinski definition) is 3. The molecule has 0 N–H and O–H groups in total. The van der Waals surface area contributed by atoms with Crippen molar-refractivity contribution in [3.05, 3.63) is 54.6 Å². The van der Waals surface area contributed by atoms with Gasteiger partial charge in [-0.2, -0.15) is 4.31 Å². The summed E-state index contributed by atoms with van der Waals surface area (Å²) in [5.74, 6) is 0.702. The maximum absolute atomic E-state index is 13.0. The van der Waals surface area contributed by atoms with Gasteiger partial charge in [0, 0.05) is 19.7 Å². The van der Waals surface area contributed by atoms with Gasteiger partial charge in [0.1, 0.15) is 0 Å². The molecule has 132 valence electrons. The quantitative estimate of drug-likeness (QED) is 0.794. The van der Waals surface area contributed by atoms with Crippen molar-refractivity contribution >= 4 is 10.0 Å². The van der Waals surface area contributed by atoms with E-state index in [1.54, 1.807) is 16.4 Å². The van der Waals surface area contributed by atoms with E-state index in [1.807, 2.05) is 42.5 Å². The lowest BCUT2D eigenvalue weighted by atomic mass is 10.1. The molecule has 1 saturated heterocycles. The standard InChI is InChI=1S/C20H23NO3S/c22-25(23,21-12-11-19(14-21)24-15-16-9-10-16)20-8-4-7-18(13-20)17-5-2-1-3-6-17/h1-8,13,16,19H,9-12,14-15H2. The lowest BCUT2D eigenvalue weighted by Gasteiger charge is -2.17. The van der Waals surface area contributed by atoms with Gasteiger partial charge in [-0.25, -0.2) is 8.42 Å². The van der Waals surface area contributed by atoms with Crippen molar-refractivity contribution in [3.63, 3.8) is 0 Å². The second-order valence-electron chi connectivity index (χ2n) is 6.94. The van der Waals surface area contributed by atoms with Crippen molar-refractivity contribution in [2.24, 2.45) is 5.92 Å². The number of ether oxygens (including phenoxy) is 1. The van der Waals surface area contributed by atoms with Crippen LogP contribution in [0.5, 0.6) is 0 Å². The van der Waals surface area contributed by atoms with E-state index in [0.29, 0.717) is 23.9 Å².